The van der Waals surface area contributed by atoms with Gasteiger partial charge in [-0.1, -0.05) is 55.7 Å². The Morgan fingerprint density at radius 2 is 1.62 bits per heavy atom. The fourth-order valence-corrected chi connectivity index (χ4v) is 3.26. The second kappa shape index (κ2) is 5.80. The Hall–Kier alpha value is -1.96. The van der Waals surface area contributed by atoms with Gasteiger partial charge >= 0.3 is 0 Å². The molecule has 2 nitrogen and oxygen atoms in total. The Morgan fingerprint density at radius 1 is 0.952 bits per heavy atom. The molecule has 0 radical (unpaired) electrons. The normalized spacial score (nSPS) is 14.0. The van der Waals surface area contributed by atoms with Gasteiger partial charge < -0.3 is 10.2 Å². The molecule has 0 heterocycles. The molecule has 2 heteroatoms. The molecule has 0 spiro atoms. The van der Waals surface area contributed by atoms with Crippen LogP contribution < -0.4 is 0 Å². The van der Waals surface area contributed by atoms with Gasteiger partial charge in [0, 0.05) is 21.9 Å². The first-order valence-corrected chi connectivity index (χ1v) is 7.84. The Morgan fingerprint density at radius 3 is 2.29 bits per heavy atom. The Labute approximate surface area is 125 Å². The predicted molar refractivity (Wildman–Crippen MR) is 86.9 cm³/mol. The molecule has 0 saturated carbocycles. The summed E-state index contributed by atoms with van der Waals surface area (Å²) in [6.07, 6.45) is 8.49. The van der Waals surface area contributed by atoms with Crippen molar-refractivity contribution in [3.63, 3.8) is 0 Å². The zero-order valence-electron chi connectivity index (χ0n) is 12.5. The van der Waals surface area contributed by atoms with Crippen molar-refractivity contribution in [2.24, 2.45) is 0 Å². The van der Waals surface area contributed by atoms with Crippen LogP contribution in [0.3, 0.4) is 0 Å². The zero-order valence-corrected chi connectivity index (χ0v) is 12.5. The molecule has 1 aliphatic carbocycles. The Bertz CT molecular complexity index is 698. The number of phenols is 2. The lowest BCUT2D eigenvalue weighted by molar-refractivity contribution is 0.458. The van der Waals surface area contributed by atoms with Crippen LogP contribution in [0.5, 0.6) is 11.5 Å². The highest BCUT2D eigenvalue weighted by molar-refractivity contribution is 5.95. The van der Waals surface area contributed by atoms with E-state index in [9.17, 15) is 10.2 Å². The first-order chi connectivity index (χ1) is 10.2. The van der Waals surface area contributed by atoms with E-state index in [1.165, 1.54) is 24.8 Å². The van der Waals surface area contributed by atoms with Gasteiger partial charge in [0.05, 0.1) is 0 Å². The molecule has 0 fully saturated rings. The summed E-state index contributed by atoms with van der Waals surface area (Å²) in [6, 6.07) is 7.53. The van der Waals surface area contributed by atoms with Crippen molar-refractivity contribution >= 4 is 10.8 Å². The average Bonchev–Trinajstić information content (AvgIpc) is 2.53. The average molecular weight is 282 g/mol. The smallest absolute Gasteiger partial charge is 0.127 e. The first kappa shape index (κ1) is 14.0. The highest BCUT2D eigenvalue weighted by Crippen LogP contribution is 2.43. The number of allylic oxidation sites excluding steroid dienone is 2. The number of hydrogen-bond donors (Lipinski definition) is 2. The van der Waals surface area contributed by atoms with E-state index in [2.05, 4.69) is 13.0 Å². The van der Waals surface area contributed by atoms with Crippen molar-refractivity contribution in [1.29, 1.82) is 0 Å². The monoisotopic (exact) mass is 282 g/mol. The molecule has 110 valence electrons. The van der Waals surface area contributed by atoms with Gasteiger partial charge in [-0.2, -0.15) is 0 Å². The van der Waals surface area contributed by atoms with Crippen molar-refractivity contribution in [1.82, 2.24) is 0 Å². The van der Waals surface area contributed by atoms with E-state index < -0.39 is 0 Å². The van der Waals surface area contributed by atoms with Crippen LogP contribution in [0.15, 0.2) is 35.9 Å². The van der Waals surface area contributed by atoms with E-state index in [1.54, 1.807) is 0 Å². The molecule has 1 aliphatic rings. The molecule has 21 heavy (non-hydrogen) atoms. The van der Waals surface area contributed by atoms with Gasteiger partial charge in [0.2, 0.25) is 0 Å². The van der Waals surface area contributed by atoms with Crippen molar-refractivity contribution in [3.05, 3.63) is 47.0 Å². The summed E-state index contributed by atoms with van der Waals surface area (Å²) in [5, 5.41) is 22.6. The summed E-state index contributed by atoms with van der Waals surface area (Å²) in [7, 11) is 0. The summed E-state index contributed by atoms with van der Waals surface area (Å²) < 4.78 is 0. The van der Waals surface area contributed by atoms with Crippen molar-refractivity contribution in [3.8, 4) is 11.5 Å². The molecule has 0 saturated heterocycles. The zero-order chi connectivity index (χ0) is 14.8. The maximum Gasteiger partial charge on any atom is 0.127 e. The number of phenolic OH excluding ortho intramolecular Hbond substituents is 2. The highest BCUT2D eigenvalue weighted by atomic mass is 16.3. The lowest BCUT2D eigenvalue weighted by atomic mass is 9.85. The molecule has 0 atom stereocenters. The van der Waals surface area contributed by atoms with Crippen LogP contribution in [0.2, 0.25) is 0 Å². The van der Waals surface area contributed by atoms with E-state index in [0.29, 0.717) is 11.5 Å². The molecular weight excluding hydrogens is 260 g/mol. The van der Waals surface area contributed by atoms with Crippen LogP contribution in [0, 0.1) is 0 Å². The van der Waals surface area contributed by atoms with E-state index in [4.69, 9.17) is 0 Å². The highest BCUT2D eigenvalue weighted by Gasteiger charge is 2.21. The van der Waals surface area contributed by atoms with Crippen LogP contribution in [-0.2, 0) is 12.8 Å². The standard InChI is InChI=1S/C19H22O2/c1-2-3-4-7-13-10-11-16-17(12-13)19(21)15-9-6-5-8-14(15)18(16)20/h5-6,8-10,20-21H,2-4,7,11-12H2,1H3. The number of rotatable bonds is 4. The Kier molecular flexibility index (Phi) is 3.87. The van der Waals surface area contributed by atoms with Gasteiger partial charge in [0.25, 0.3) is 0 Å². The molecule has 0 amide bonds. The number of fused-ring (bicyclic) bond motifs is 2. The molecule has 2 N–H and O–H groups in total. The third-order valence-corrected chi connectivity index (χ3v) is 4.47. The van der Waals surface area contributed by atoms with E-state index >= 15 is 0 Å². The van der Waals surface area contributed by atoms with E-state index in [0.717, 1.165) is 41.2 Å². The van der Waals surface area contributed by atoms with Gasteiger partial charge in [-0.3, -0.25) is 0 Å². The van der Waals surface area contributed by atoms with Crippen molar-refractivity contribution in [2.75, 3.05) is 0 Å². The second-order valence-electron chi connectivity index (χ2n) is 5.90. The number of benzene rings is 2. The van der Waals surface area contributed by atoms with Gasteiger partial charge in [-0.15, -0.1) is 0 Å². The van der Waals surface area contributed by atoms with Gasteiger partial charge in [-0.05, 0) is 25.7 Å². The fraction of sp³-hybridized carbons (Fsp3) is 0.368. The SMILES string of the molecule is CCCCCC1=CCc2c(c(O)c3ccccc3c2O)C1. The van der Waals surface area contributed by atoms with Crippen molar-refractivity contribution < 1.29 is 10.2 Å². The molecule has 0 bridgehead atoms. The van der Waals surface area contributed by atoms with Gasteiger partial charge in [-0.25, -0.2) is 0 Å². The third-order valence-electron chi connectivity index (χ3n) is 4.47. The molecule has 3 rings (SSSR count). The van der Waals surface area contributed by atoms with Crippen LogP contribution >= 0.6 is 0 Å². The largest absolute Gasteiger partial charge is 0.507 e. The summed E-state index contributed by atoms with van der Waals surface area (Å²) in [6.45, 7) is 2.21. The Balaban J connectivity index is 1.98. The molecule has 0 aliphatic heterocycles. The topological polar surface area (TPSA) is 40.5 Å². The summed E-state index contributed by atoms with van der Waals surface area (Å²) in [4.78, 5) is 0. The van der Waals surface area contributed by atoms with Crippen molar-refractivity contribution in [2.45, 2.75) is 45.4 Å². The summed E-state index contributed by atoms with van der Waals surface area (Å²) in [5.41, 5.74) is 3.20. The van der Waals surface area contributed by atoms with Crippen LogP contribution in [-0.4, -0.2) is 10.2 Å². The maximum absolute atomic E-state index is 10.6. The lowest BCUT2D eigenvalue weighted by Crippen LogP contribution is -2.05. The quantitative estimate of drug-likeness (QED) is 0.478. The molecule has 2 aromatic rings. The van der Waals surface area contributed by atoms with E-state index in [1.807, 2.05) is 24.3 Å². The fourth-order valence-electron chi connectivity index (χ4n) is 3.26. The maximum atomic E-state index is 10.6. The lowest BCUT2D eigenvalue weighted by Gasteiger charge is -2.21. The second-order valence-corrected chi connectivity index (χ2v) is 5.90. The molecule has 2 aromatic carbocycles. The van der Waals surface area contributed by atoms with Crippen LogP contribution in [0.25, 0.3) is 10.8 Å². The third kappa shape index (κ3) is 2.51. The van der Waals surface area contributed by atoms with Gasteiger partial charge in [0.15, 0.2) is 0 Å². The minimum atomic E-state index is 0.335. The van der Waals surface area contributed by atoms with Gasteiger partial charge in [0.1, 0.15) is 11.5 Å². The summed E-state index contributed by atoms with van der Waals surface area (Å²) in [5.74, 6) is 0.682. The number of unbranched alkanes of at least 4 members (excludes halogenated alkanes) is 2. The predicted octanol–water partition coefficient (Wildman–Crippen LogP) is 4.86. The summed E-state index contributed by atoms with van der Waals surface area (Å²) >= 11 is 0. The molecule has 0 unspecified atom stereocenters. The minimum Gasteiger partial charge on any atom is -0.507 e. The van der Waals surface area contributed by atoms with Crippen LogP contribution in [0.4, 0.5) is 0 Å². The molecular formula is C19H22O2. The minimum absolute atomic E-state index is 0.335. The van der Waals surface area contributed by atoms with E-state index in [-0.39, 0.29) is 0 Å². The number of aromatic hydroxyl groups is 2. The number of hydrogen-bond acceptors (Lipinski definition) is 2. The first-order valence-electron chi connectivity index (χ1n) is 7.84. The van der Waals surface area contributed by atoms with Crippen LogP contribution in [0.1, 0.15) is 43.7 Å². The molecule has 0 aromatic heterocycles.